The number of aliphatic imine (C=N–C) groups is 1. The Kier molecular flexibility index (Phi) is 2.87. The third-order valence-corrected chi connectivity index (χ3v) is 3.27. The van der Waals surface area contributed by atoms with E-state index in [-0.39, 0.29) is 5.69 Å². The fourth-order valence-electron chi connectivity index (χ4n) is 2.32. The Hall–Kier alpha value is -2.82. The first-order chi connectivity index (χ1) is 9.66. The maximum absolute atomic E-state index is 12.0. The molecule has 0 fully saturated rings. The minimum absolute atomic E-state index is 0.0285. The molecule has 1 aliphatic rings. The van der Waals surface area contributed by atoms with Crippen molar-refractivity contribution in [3.05, 3.63) is 75.3 Å². The normalized spacial score (nSPS) is 13.6. The molecular weight excluding hydrogens is 256 g/mol. The molecule has 1 aliphatic heterocycles. The molecule has 1 amide bonds. The molecule has 20 heavy (non-hydrogen) atoms. The second-order valence-electron chi connectivity index (χ2n) is 4.47. The molecular formula is C15H10N2O3. The Labute approximate surface area is 114 Å². The largest absolute Gasteiger partial charge is 0.277 e. The number of hydrogen-bond donors (Lipinski definition) is 0. The standard InChI is InChI=1S/C15H10N2O3/c18-15-11-7-4-8-14(17(19)20)12(11)9-13(16-15)10-5-2-1-3-6-10/h1-8H,9H2. The van der Waals surface area contributed by atoms with Gasteiger partial charge in [0.1, 0.15) is 0 Å². The Balaban J connectivity index is 2.11. The molecule has 5 nitrogen and oxygen atoms in total. The van der Waals surface area contributed by atoms with Crippen LogP contribution in [0.25, 0.3) is 0 Å². The van der Waals surface area contributed by atoms with E-state index in [1.165, 1.54) is 12.1 Å². The first kappa shape index (κ1) is 12.2. The molecule has 2 aromatic carbocycles. The van der Waals surface area contributed by atoms with Crippen LogP contribution in [0.3, 0.4) is 0 Å². The third kappa shape index (κ3) is 1.99. The van der Waals surface area contributed by atoms with Gasteiger partial charge in [-0.3, -0.25) is 14.9 Å². The smallest absolute Gasteiger partial charge is 0.267 e. The highest BCUT2D eigenvalue weighted by molar-refractivity contribution is 6.15. The second kappa shape index (κ2) is 4.70. The van der Waals surface area contributed by atoms with Crippen LogP contribution in [0.1, 0.15) is 21.5 Å². The minimum atomic E-state index is -0.458. The molecule has 1 heterocycles. The van der Waals surface area contributed by atoms with Gasteiger partial charge in [-0.1, -0.05) is 36.4 Å². The summed E-state index contributed by atoms with van der Waals surface area (Å²) in [6, 6.07) is 13.7. The Morgan fingerprint density at radius 3 is 2.50 bits per heavy atom. The van der Waals surface area contributed by atoms with Crippen LogP contribution in [0.2, 0.25) is 0 Å². The van der Waals surface area contributed by atoms with Crippen molar-refractivity contribution in [2.45, 2.75) is 6.42 Å². The SMILES string of the molecule is O=C1N=C(c2ccccc2)Cc2c1cccc2[N+](=O)[O-]. The van der Waals surface area contributed by atoms with Crippen molar-refractivity contribution in [1.82, 2.24) is 0 Å². The first-order valence-electron chi connectivity index (χ1n) is 6.10. The van der Waals surface area contributed by atoms with E-state index in [4.69, 9.17) is 0 Å². The number of hydrogen-bond acceptors (Lipinski definition) is 3. The number of nitro groups is 1. The van der Waals surface area contributed by atoms with Gasteiger partial charge in [0.25, 0.3) is 11.6 Å². The predicted octanol–water partition coefficient (Wildman–Crippen LogP) is 2.78. The lowest BCUT2D eigenvalue weighted by atomic mass is 9.93. The van der Waals surface area contributed by atoms with Crippen LogP contribution < -0.4 is 0 Å². The van der Waals surface area contributed by atoms with Crippen LogP contribution in [0.5, 0.6) is 0 Å². The molecule has 2 aromatic rings. The van der Waals surface area contributed by atoms with Crippen molar-refractivity contribution in [3.8, 4) is 0 Å². The number of nitrogens with zero attached hydrogens (tertiary/aromatic N) is 2. The molecule has 0 saturated carbocycles. The lowest BCUT2D eigenvalue weighted by molar-refractivity contribution is -0.385. The zero-order chi connectivity index (χ0) is 14.1. The Morgan fingerprint density at radius 2 is 1.80 bits per heavy atom. The summed E-state index contributed by atoms with van der Waals surface area (Å²) >= 11 is 0. The molecule has 0 aliphatic carbocycles. The van der Waals surface area contributed by atoms with Crippen molar-refractivity contribution in [3.63, 3.8) is 0 Å². The van der Waals surface area contributed by atoms with Crippen molar-refractivity contribution in [2.24, 2.45) is 4.99 Å². The van der Waals surface area contributed by atoms with E-state index in [2.05, 4.69) is 4.99 Å². The van der Waals surface area contributed by atoms with Crippen LogP contribution >= 0.6 is 0 Å². The highest BCUT2D eigenvalue weighted by atomic mass is 16.6. The van der Waals surface area contributed by atoms with Gasteiger partial charge >= 0.3 is 0 Å². The van der Waals surface area contributed by atoms with Gasteiger partial charge < -0.3 is 0 Å². The maximum atomic E-state index is 12.0. The number of benzene rings is 2. The van der Waals surface area contributed by atoms with E-state index in [9.17, 15) is 14.9 Å². The molecule has 0 atom stereocenters. The fourth-order valence-corrected chi connectivity index (χ4v) is 2.32. The van der Waals surface area contributed by atoms with Gasteiger partial charge in [-0.05, 0) is 11.6 Å². The van der Waals surface area contributed by atoms with Gasteiger partial charge in [0.05, 0.1) is 16.2 Å². The monoisotopic (exact) mass is 266 g/mol. The molecule has 0 spiro atoms. The molecule has 0 aromatic heterocycles. The highest BCUT2D eigenvalue weighted by Gasteiger charge is 2.27. The number of amides is 1. The highest BCUT2D eigenvalue weighted by Crippen LogP contribution is 2.28. The van der Waals surface area contributed by atoms with Gasteiger partial charge in [0, 0.05) is 18.1 Å². The molecule has 5 heteroatoms. The summed E-state index contributed by atoms with van der Waals surface area (Å²) in [7, 11) is 0. The summed E-state index contributed by atoms with van der Waals surface area (Å²) in [6.45, 7) is 0. The topological polar surface area (TPSA) is 72.6 Å². The quantitative estimate of drug-likeness (QED) is 0.619. The van der Waals surface area contributed by atoms with Crippen LogP contribution in [0, 0.1) is 10.1 Å². The van der Waals surface area contributed by atoms with E-state index in [1.807, 2.05) is 30.3 Å². The van der Waals surface area contributed by atoms with E-state index in [1.54, 1.807) is 6.07 Å². The van der Waals surface area contributed by atoms with Gasteiger partial charge in [-0.25, -0.2) is 4.99 Å². The summed E-state index contributed by atoms with van der Waals surface area (Å²) in [5, 5.41) is 11.1. The van der Waals surface area contributed by atoms with Crippen LogP contribution in [-0.2, 0) is 6.42 Å². The van der Waals surface area contributed by atoms with Crippen molar-refractivity contribution < 1.29 is 9.72 Å². The average molecular weight is 266 g/mol. The Bertz CT molecular complexity index is 736. The summed E-state index contributed by atoms with van der Waals surface area (Å²) in [6.07, 6.45) is 0.294. The van der Waals surface area contributed by atoms with Crippen LogP contribution in [-0.4, -0.2) is 16.5 Å². The average Bonchev–Trinajstić information content (AvgIpc) is 2.47. The summed E-state index contributed by atoms with van der Waals surface area (Å²) in [4.78, 5) is 26.7. The maximum Gasteiger partial charge on any atom is 0.277 e. The number of rotatable bonds is 2. The first-order valence-corrected chi connectivity index (χ1v) is 6.10. The van der Waals surface area contributed by atoms with Crippen molar-refractivity contribution in [1.29, 1.82) is 0 Å². The van der Waals surface area contributed by atoms with Crippen molar-refractivity contribution in [2.75, 3.05) is 0 Å². The fraction of sp³-hybridized carbons (Fsp3) is 0.0667. The second-order valence-corrected chi connectivity index (χ2v) is 4.47. The van der Waals surface area contributed by atoms with Gasteiger partial charge in [-0.2, -0.15) is 0 Å². The number of fused-ring (bicyclic) bond motifs is 1. The molecule has 0 saturated heterocycles. The van der Waals surface area contributed by atoms with Crippen molar-refractivity contribution >= 4 is 17.3 Å². The zero-order valence-corrected chi connectivity index (χ0v) is 10.4. The molecule has 98 valence electrons. The lowest BCUT2D eigenvalue weighted by Gasteiger charge is -2.15. The molecule has 3 rings (SSSR count). The molecule has 0 N–H and O–H groups in total. The van der Waals surface area contributed by atoms with Gasteiger partial charge in [-0.15, -0.1) is 0 Å². The summed E-state index contributed by atoms with van der Waals surface area (Å²) in [5.74, 6) is -0.422. The van der Waals surface area contributed by atoms with E-state index < -0.39 is 10.8 Å². The lowest BCUT2D eigenvalue weighted by Crippen LogP contribution is -2.18. The third-order valence-electron chi connectivity index (χ3n) is 3.27. The van der Waals surface area contributed by atoms with E-state index in [0.29, 0.717) is 23.3 Å². The summed E-state index contributed by atoms with van der Waals surface area (Å²) in [5.41, 5.74) is 2.11. The zero-order valence-electron chi connectivity index (χ0n) is 10.4. The van der Waals surface area contributed by atoms with Gasteiger partial charge in [0.15, 0.2) is 0 Å². The van der Waals surface area contributed by atoms with Crippen LogP contribution in [0.15, 0.2) is 53.5 Å². The van der Waals surface area contributed by atoms with Crippen LogP contribution in [0.4, 0.5) is 5.69 Å². The number of carbonyl (C=O) groups is 1. The molecule has 0 unspecified atom stereocenters. The predicted molar refractivity (Wildman–Crippen MR) is 74.1 cm³/mol. The minimum Gasteiger partial charge on any atom is -0.267 e. The number of carbonyl (C=O) groups excluding carboxylic acids is 1. The van der Waals surface area contributed by atoms with Gasteiger partial charge in [0.2, 0.25) is 0 Å². The number of nitro benzene ring substituents is 1. The van der Waals surface area contributed by atoms with E-state index >= 15 is 0 Å². The molecule has 0 radical (unpaired) electrons. The molecule has 0 bridgehead atoms. The Morgan fingerprint density at radius 1 is 1.05 bits per heavy atom. The summed E-state index contributed by atoms with van der Waals surface area (Å²) < 4.78 is 0. The van der Waals surface area contributed by atoms with E-state index in [0.717, 1.165) is 5.56 Å².